The summed E-state index contributed by atoms with van der Waals surface area (Å²) in [6.07, 6.45) is 2.39. The van der Waals surface area contributed by atoms with E-state index in [-0.39, 0.29) is 0 Å². The Bertz CT molecular complexity index is 51.3. The lowest BCUT2D eigenvalue weighted by Gasteiger charge is -2.22. The van der Waals surface area contributed by atoms with Gasteiger partial charge in [0.15, 0.2) is 0 Å². The molecule has 0 spiro atoms. The molecular formula is C6H16BN. The molecule has 0 aromatic carbocycles. The van der Waals surface area contributed by atoms with Crippen LogP contribution in [0.5, 0.6) is 0 Å². The van der Waals surface area contributed by atoms with Gasteiger partial charge < -0.3 is 5.64 Å². The van der Waals surface area contributed by atoms with Crippen LogP contribution in [0.15, 0.2) is 0 Å². The Morgan fingerprint density at radius 3 is 1.75 bits per heavy atom. The molecule has 0 fully saturated rings. The lowest BCUT2D eigenvalue weighted by Crippen LogP contribution is -2.22. The highest BCUT2D eigenvalue weighted by molar-refractivity contribution is 6.35. The predicted molar refractivity (Wildman–Crippen MR) is 40.3 cm³/mol. The Morgan fingerprint density at radius 2 is 1.75 bits per heavy atom. The molecule has 0 aliphatic rings. The largest absolute Gasteiger partial charge is 0.372 e. The average Bonchev–Trinajstić information content (AvgIpc) is 1.87. The van der Waals surface area contributed by atoms with Crippen molar-refractivity contribution in [3.63, 3.8) is 0 Å². The summed E-state index contributed by atoms with van der Waals surface area (Å²) in [5, 5.41) is 0.403. The van der Waals surface area contributed by atoms with E-state index in [0.29, 0.717) is 5.31 Å². The minimum absolute atomic E-state index is 0.403. The van der Waals surface area contributed by atoms with E-state index in [1.165, 1.54) is 12.8 Å². The highest BCUT2D eigenvalue weighted by Crippen LogP contribution is 2.29. The van der Waals surface area contributed by atoms with E-state index < -0.39 is 0 Å². The highest BCUT2D eigenvalue weighted by atomic mass is 14.4. The summed E-state index contributed by atoms with van der Waals surface area (Å²) >= 11 is 0. The predicted octanol–water partition coefficient (Wildman–Crippen LogP) is 1.30. The second kappa shape index (κ2) is 3.13. The van der Waals surface area contributed by atoms with Crippen molar-refractivity contribution in [2.24, 2.45) is 5.64 Å². The van der Waals surface area contributed by atoms with Gasteiger partial charge in [0.2, 0.25) is 7.41 Å². The zero-order valence-corrected chi connectivity index (χ0v) is 6.20. The van der Waals surface area contributed by atoms with Crippen molar-refractivity contribution in [3.8, 4) is 0 Å². The summed E-state index contributed by atoms with van der Waals surface area (Å²) in [5.74, 6) is 0. The van der Waals surface area contributed by atoms with Crippen molar-refractivity contribution >= 4 is 7.41 Å². The van der Waals surface area contributed by atoms with Gasteiger partial charge in [0.05, 0.1) is 0 Å². The molecule has 0 aliphatic heterocycles. The van der Waals surface area contributed by atoms with Gasteiger partial charge in [-0.25, -0.2) is 0 Å². The van der Waals surface area contributed by atoms with Crippen molar-refractivity contribution in [1.82, 2.24) is 0 Å². The van der Waals surface area contributed by atoms with Gasteiger partial charge in [-0.3, -0.25) is 0 Å². The van der Waals surface area contributed by atoms with Crippen LogP contribution in [0, 0.1) is 0 Å². The Labute approximate surface area is 52.9 Å². The maximum atomic E-state index is 5.53. The van der Waals surface area contributed by atoms with Crippen molar-refractivity contribution < 1.29 is 0 Å². The first-order valence-corrected chi connectivity index (χ1v) is 3.38. The van der Waals surface area contributed by atoms with E-state index in [0.717, 1.165) is 7.41 Å². The molecule has 0 aliphatic carbocycles. The SMILES string of the molecule is CCC(C)(BN)CC. The van der Waals surface area contributed by atoms with E-state index in [9.17, 15) is 0 Å². The molecule has 0 amide bonds. The van der Waals surface area contributed by atoms with Crippen LogP contribution in [0.1, 0.15) is 33.6 Å². The smallest absolute Gasteiger partial charge is 0.204 e. The fourth-order valence-electron chi connectivity index (χ4n) is 0.539. The lowest BCUT2D eigenvalue weighted by molar-refractivity contribution is 0.561. The topological polar surface area (TPSA) is 26.0 Å². The number of rotatable bonds is 3. The quantitative estimate of drug-likeness (QED) is 0.548. The molecule has 0 heterocycles. The summed E-state index contributed by atoms with van der Waals surface area (Å²) in [6.45, 7) is 6.61. The number of nitrogens with two attached hydrogens (primary N) is 1. The van der Waals surface area contributed by atoms with Gasteiger partial charge in [-0.05, 0) is 5.31 Å². The molecule has 2 heteroatoms. The van der Waals surface area contributed by atoms with E-state index in [1.807, 2.05) is 0 Å². The molecule has 0 rings (SSSR count). The van der Waals surface area contributed by atoms with Crippen LogP contribution in [-0.2, 0) is 0 Å². The zero-order valence-electron chi connectivity index (χ0n) is 6.20. The summed E-state index contributed by atoms with van der Waals surface area (Å²) in [5.41, 5.74) is 5.53. The molecule has 0 saturated heterocycles. The first-order valence-electron chi connectivity index (χ1n) is 3.38. The summed E-state index contributed by atoms with van der Waals surface area (Å²) in [4.78, 5) is 0. The third-order valence-corrected chi connectivity index (χ3v) is 2.20. The normalized spacial score (nSPS) is 11.5. The summed E-state index contributed by atoms with van der Waals surface area (Å²) in [6, 6.07) is 0. The van der Waals surface area contributed by atoms with Crippen LogP contribution in [0.25, 0.3) is 0 Å². The van der Waals surface area contributed by atoms with Crippen molar-refractivity contribution in [2.45, 2.75) is 38.9 Å². The first kappa shape index (κ1) is 8.02. The number of hydrogen-bond acceptors (Lipinski definition) is 1. The average molecular weight is 113 g/mol. The van der Waals surface area contributed by atoms with Crippen molar-refractivity contribution in [2.75, 3.05) is 0 Å². The van der Waals surface area contributed by atoms with Gasteiger partial charge in [-0.1, -0.05) is 33.6 Å². The molecular weight excluding hydrogens is 96.9 g/mol. The van der Waals surface area contributed by atoms with Crippen LogP contribution in [0.2, 0.25) is 5.31 Å². The molecule has 0 radical (unpaired) electrons. The number of hydrogen-bond donors (Lipinski definition) is 1. The minimum Gasteiger partial charge on any atom is -0.372 e. The van der Waals surface area contributed by atoms with Crippen molar-refractivity contribution in [3.05, 3.63) is 0 Å². The lowest BCUT2D eigenvalue weighted by atomic mass is 9.59. The minimum atomic E-state index is 0.403. The van der Waals surface area contributed by atoms with Gasteiger partial charge in [0.25, 0.3) is 0 Å². The standard InChI is InChI=1S/C6H16BN/c1-4-6(3,5-2)7-8/h7H,4-5,8H2,1-3H3. The summed E-state index contributed by atoms with van der Waals surface area (Å²) in [7, 11) is 0.819. The van der Waals surface area contributed by atoms with Gasteiger partial charge >= 0.3 is 0 Å². The molecule has 0 unspecified atom stereocenters. The fraction of sp³-hybridized carbons (Fsp3) is 1.00. The van der Waals surface area contributed by atoms with Crippen LogP contribution in [0.4, 0.5) is 0 Å². The van der Waals surface area contributed by atoms with E-state index in [4.69, 9.17) is 5.64 Å². The van der Waals surface area contributed by atoms with Crippen LogP contribution >= 0.6 is 0 Å². The molecule has 0 aromatic rings. The maximum absolute atomic E-state index is 5.53. The van der Waals surface area contributed by atoms with Gasteiger partial charge in [0.1, 0.15) is 0 Å². The first-order chi connectivity index (χ1) is 3.68. The maximum Gasteiger partial charge on any atom is 0.204 e. The second-order valence-electron chi connectivity index (χ2n) is 2.72. The van der Waals surface area contributed by atoms with Crippen LogP contribution in [-0.4, -0.2) is 7.41 Å². The molecule has 0 bridgehead atoms. The molecule has 1 nitrogen and oxygen atoms in total. The Balaban J connectivity index is 3.58. The van der Waals surface area contributed by atoms with Crippen LogP contribution < -0.4 is 5.64 Å². The molecule has 0 aromatic heterocycles. The van der Waals surface area contributed by atoms with Crippen molar-refractivity contribution in [1.29, 1.82) is 0 Å². The van der Waals surface area contributed by atoms with E-state index in [2.05, 4.69) is 20.8 Å². The van der Waals surface area contributed by atoms with E-state index in [1.54, 1.807) is 0 Å². The molecule has 8 heavy (non-hydrogen) atoms. The molecule has 0 atom stereocenters. The second-order valence-corrected chi connectivity index (χ2v) is 2.72. The monoisotopic (exact) mass is 113 g/mol. The Hall–Kier alpha value is 0.0249. The molecule has 0 saturated carbocycles. The Morgan fingerprint density at radius 1 is 1.38 bits per heavy atom. The van der Waals surface area contributed by atoms with Crippen LogP contribution in [0.3, 0.4) is 0 Å². The zero-order chi connectivity index (χ0) is 6.62. The Kier molecular flexibility index (Phi) is 3.14. The van der Waals surface area contributed by atoms with Gasteiger partial charge in [-0.15, -0.1) is 0 Å². The molecule has 48 valence electrons. The summed E-state index contributed by atoms with van der Waals surface area (Å²) < 4.78 is 0. The van der Waals surface area contributed by atoms with Gasteiger partial charge in [-0.2, -0.15) is 0 Å². The molecule has 2 N–H and O–H groups in total. The highest BCUT2D eigenvalue weighted by Gasteiger charge is 2.17. The van der Waals surface area contributed by atoms with Gasteiger partial charge in [0, 0.05) is 0 Å². The third kappa shape index (κ3) is 1.87. The fourth-order valence-corrected chi connectivity index (χ4v) is 0.539. The van der Waals surface area contributed by atoms with E-state index >= 15 is 0 Å². The third-order valence-electron chi connectivity index (χ3n) is 2.20.